The third-order valence-corrected chi connectivity index (χ3v) is 11.7. The Morgan fingerprint density at radius 1 is 1.10 bits per heavy atom. The van der Waals surface area contributed by atoms with Crippen LogP contribution in [0.25, 0.3) is 6.08 Å². The Labute approximate surface area is 240 Å². The number of allylic oxidation sites excluding steroid dienone is 1. The number of ether oxygens (including phenoxy) is 1. The van der Waals surface area contributed by atoms with Crippen molar-refractivity contribution >= 4 is 17.7 Å². The zero-order chi connectivity index (χ0) is 28.3. The van der Waals surface area contributed by atoms with Gasteiger partial charge in [0.1, 0.15) is 6.10 Å². The van der Waals surface area contributed by atoms with Gasteiger partial charge in [-0.1, -0.05) is 70.9 Å². The van der Waals surface area contributed by atoms with Crippen LogP contribution in [-0.4, -0.2) is 17.0 Å². The summed E-state index contributed by atoms with van der Waals surface area (Å²) < 4.78 is 10.9. The monoisotopic (exact) mass is 551 g/mol. The fourth-order valence-electron chi connectivity index (χ4n) is 9.42. The summed E-state index contributed by atoms with van der Waals surface area (Å²) in [6.45, 7) is 7.43. The molecule has 0 saturated heterocycles. The van der Waals surface area contributed by atoms with Gasteiger partial charge in [0.25, 0.3) is 0 Å². The molecule has 3 saturated carbocycles. The molecule has 5 rings (SSSR count). The maximum Gasteiger partial charge on any atom is 0.331 e. The Morgan fingerprint density at radius 3 is 2.70 bits per heavy atom. The minimum Gasteiger partial charge on any atom is -0.459 e. The molecule has 0 bridgehead atoms. The predicted molar refractivity (Wildman–Crippen MR) is 157 cm³/mol. The molecular formula is C34H49NO5. The lowest BCUT2D eigenvalue weighted by atomic mass is 9.47. The van der Waals surface area contributed by atoms with E-state index >= 15 is 0 Å². The first-order valence-corrected chi connectivity index (χ1v) is 16.1. The molecule has 4 aliphatic carbocycles. The number of nitrogens with zero attached hydrogens (tertiary/aromatic N) is 1. The highest BCUT2D eigenvalue weighted by atomic mass is 16.6. The number of hydrogen-bond acceptors (Lipinski definition) is 5. The molecule has 0 spiro atoms. The number of nitro groups is 1. The van der Waals surface area contributed by atoms with Crippen LogP contribution in [0.4, 0.5) is 5.69 Å². The number of hydrogen-bond donors (Lipinski definition) is 0. The van der Waals surface area contributed by atoms with Gasteiger partial charge in [0.2, 0.25) is 5.76 Å². The summed E-state index contributed by atoms with van der Waals surface area (Å²) >= 11 is 0. The van der Waals surface area contributed by atoms with Crippen molar-refractivity contribution in [2.24, 2.45) is 34.5 Å². The summed E-state index contributed by atoms with van der Waals surface area (Å²) in [6, 6.07) is 1.28. The quantitative estimate of drug-likeness (QED) is 0.0683. The molecule has 1 aromatic rings. The topological polar surface area (TPSA) is 82.6 Å². The Hall–Kier alpha value is -2.37. The zero-order valence-corrected chi connectivity index (χ0v) is 24.9. The van der Waals surface area contributed by atoms with Gasteiger partial charge in [0.15, 0.2) is 0 Å². The van der Waals surface area contributed by atoms with E-state index in [9.17, 15) is 14.9 Å². The van der Waals surface area contributed by atoms with Crippen LogP contribution < -0.4 is 0 Å². The fraction of sp³-hybridized carbons (Fsp3) is 0.735. The molecule has 3 fully saturated rings. The van der Waals surface area contributed by atoms with Gasteiger partial charge < -0.3 is 9.15 Å². The van der Waals surface area contributed by atoms with Crippen LogP contribution in [0.5, 0.6) is 0 Å². The molecule has 4 aliphatic rings. The molecule has 1 heterocycles. The Morgan fingerprint density at radius 2 is 1.90 bits per heavy atom. The average Bonchev–Trinajstić information content (AvgIpc) is 3.54. The van der Waals surface area contributed by atoms with E-state index in [1.54, 1.807) is 0 Å². The van der Waals surface area contributed by atoms with Gasteiger partial charge >= 0.3 is 11.7 Å². The highest BCUT2D eigenvalue weighted by Crippen LogP contribution is 2.66. The first-order valence-electron chi connectivity index (χ1n) is 16.1. The van der Waals surface area contributed by atoms with Gasteiger partial charge in [-0.25, -0.2) is 4.79 Å². The molecular weight excluding hydrogens is 502 g/mol. The van der Waals surface area contributed by atoms with Crippen LogP contribution in [0.3, 0.4) is 0 Å². The molecule has 1 aromatic heterocycles. The highest BCUT2D eigenvalue weighted by molar-refractivity contribution is 5.87. The van der Waals surface area contributed by atoms with Crippen molar-refractivity contribution in [3.63, 3.8) is 0 Å². The highest BCUT2D eigenvalue weighted by Gasteiger charge is 2.58. The fourth-order valence-corrected chi connectivity index (χ4v) is 9.42. The second-order valence-electron chi connectivity index (χ2n) is 13.7. The summed E-state index contributed by atoms with van der Waals surface area (Å²) in [5.74, 6) is 2.91. The van der Waals surface area contributed by atoms with Crippen molar-refractivity contribution in [2.45, 2.75) is 123 Å². The number of rotatable bonds is 11. The lowest BCUT2D eigenvalue weighted by Crippen LogP contribution is -2.50. The lowest BCUT2D eigenvalue weighted by Gasteiger charge is -2.58. The molecule has 0 aromatic carbocycles. The molecule has 6 nitrogen and oxygen atoms in total. The SMILES string of the molecule is CCCCCCCCC1CCC2C3CC=C4CC(OC(=O)C=Cc5occc5[N+](=O)[O-])CCC4(C)C3CCC12C. The van der Waals surface area contributed by atoms with Crippen LogP contribution >= 0.6 is 0 Å². The van der Waals surface area contributed by atoms with Crippen LogP contribution in [0.1, 0.15) is 123 Å². The average molecular weight is 552 g/mol. The number of carbonyl (C=O) groups excluding carboxylic acids is 1. The number of unbranched alkanes of at least 4 members (excludes halogenated alkanes) is 5. The van der Waals surface area contributed by atoms with Crippen molar-refractivity contribution < 1.29 is 18.9 Å². The minimum atomic E-state index is -0.519. The van der Waals surface area contributed by atoms with Gasteiger partial charge in [-0.15, -0.1) is 0 Å². The van der Waals surface area contributed by atoms with Gasteiger partial charge in [-0.05, 0) is 91.9 Å². The van der Waals surface area contributed by atoms with E-state index in [-0.39, 0.29) is 23.0 Å². The van der Waals surface area contributed by atoms with Crippen molar-refractivity contribution in [1.82, 2.24) is 0 Å². The predicted octanol–water partition coefficient (Wildman–Crippen LogP) is 9.44. The van der Waals surface area contributed by atoms with Gasteiger partial charge in [0, 0.05) is 12.5 Å². The number of esters is 1. The Balaban J connectivity index is 1.17. The molecule has 6 heteroatoms. The second-order valence-corrected chi connectivity index (χ2v) is 13.7. The first-order chi connectivity index (χ1) is 19.3. The second kappa shape index (κ2) is 12.2. The van der Waals surface area contributed by atoms with Crippen LogP contribution in [-0.2, 0) is 9.53 Å². The molecule has 7 unspecified atom stereocenters. The van der Waals surface area contributed by atoms with E-state index in [1.165, 1.54) is 107 Å². The van der Waals surface area contributed by atoms with Crippen molar-refractivity contribution in [1.29, 1.82) is 0 Å². The molecule has 0 N–H and O–H groups in total. The van der Waals surface area contributed by atoms with E-state index < -0.39 is 10.9 Å². The third-order valence-electron chi connectivity index (χ3n) is 11.7. The van der Waals surface area contributed by atoms with E-state index in [0.717, 1.165) is 42.9 Å². The zero-order valence-electron chi connectivity index (χ0n) is 24.9. The van der Waals surface area contributed by atoms with Crippen molar-refractivity contribution in [2.75, 3.05) is 0 Å². The van der Waals surface area contributed by atoms with Gasteiger partial charge in [0.05, 0.1) is 17.3 Å². The van der Waals surface area contributed by atoms with Crippen molar-refractivity contribution in [3.8, 4) is 0 Å². The normalized spacial score (nSPS) is 35.1. The minimum absolute atomic E-state index is 0.0598. The number of carbonyl (C=O) groups is 1. The van der Waals surface area contributed by atoms with E-state index in [1.807, 2.05) is 0 Å². The van der Waals surface area contributed by atoms with Gasteiger partial charge in [-0.2, -0.15) is 0 Å². The molecule has 0 amide bonds. The standard InChI is InChI=1S/C34H49NO5/c1-4-5-6-7-8-9-10-24-12-14-28-27-13-11-25-23-26(17-20-34(25,3)29(27)18-21-33(24,28)2)40-32(36)16-15-31-30(35(37)38)19-22-39-31/h11,15-16,19,22,24,26-29H,4-10,12-14,17-18,20-21,23H2,1-3H3. The lowest BCUT2D eigenvalue weighted by molar-refractivity contribution is -0.385. The van der Waals surface area contributed by atoms with E-state index in [2.05, 4.69) is 26.8 Å². The van der Waals surface area contributed by atoms with E-state index in [0.29, 0.717) is 5.41 Å². The van der Waals surface area contributed by atoms with Crippen LogP contribution in [0.2, 0.25) is 0 Å². The van der Waals surface area contributed by atoms with Crippen LogP contribution in [0.15, 0.2) is 34.5 Å². The number of furan rings is 1. The Kier molecular flexibility index (Phi) is 8.92. The summed E-state index contributed by atoms with van der Waals surface area (Å²) in [5.41, 5.74) is 2.08. The molecule has 0 aliphatic heterocycles. The Bertz CT molecular complexity index is 1120. The molecule has 40 heavy (non-hydrogen) atoms. The molecule has 220 valence electrons. The van der Waals surface area contributed by atoms with Crippen LogP contribution in [0, 0.1) is 44.6 Å². The maximum absolute atomic E-state index is 12.5. The number of fused-ring (bicyclic) bond motifs is 5. The summed E-state index contributed by atoms with van der Waals surface area (Å²) in [6.07, 6.45) is 25.5. The summed E-state index contributed by atoms with van der Waals surface area (Å²) in [4.78, 5) is 23.1. The third kappa shape index (κ3) is 5.69. The summed E-state index contributed by atoms with van der Waals surface area (Å²) in [7, 11) is 0. The smallest absolute Gasteiger partial charge is 0.331 e. The van der Waals surface area contributed by atoms with Gasteiger partial charge in [-0.3, -0.25) is 10.1 Å². The molecule has 7 atom stereocenters. The largest absolute Gasteiger partial charge is 0.459 e. The van der Waals surface area contributed by atoms with E-state index in [4.69, 9.17) is 9.15 Å². The van der Waals surface area contributed by atoms with Crippen molar-refractivity contribution in [3.05, 3.63) is 45.9 Å². The first kappa shape index (κ1) is 29.1. The molecule has 0 radical (unpaired) electrons. The summed E-state index contributed by atoms with van der Waals surface area (Å²) in [5, 5.41) is 11.1. The maximum atomic E-state index is 12.5.